The van der Waals surface area contributed by atoms with Crippen molar-refractivity contribution in [3.63, 3.8) is 0 Å². The Morgan fingerprint density at radius 2 is 1.60 bits per heavy atom. The van der Waals surface area contributed by atoms with Crippen LogP contribution in [0.3, 0.4) is 0 Å². The Morgan fingerprint density at radius 1 is 0.933 bits per heavy atom. The Morgan fingerprint density at radius 3 is 2.33 bits per heavy atom. The van der Waals surface area contributed by atoms with Gasteiger partial charge in [-0.3, -0.25) is 10.4 Å². The molecule has 0 bridgehead atoms. The van der Waals surface area contributed by atoms with Crippen molar-refractivity contribution in [1.82, 2.24) is 0 Å². The highest BCUT2D eigenvalue weighted by molar-refractivity contribution is 6.48. The quantitative estimate of drug-likeness (QED) is 0.236. The molecule has 5 nitrogen and oxygen atoms in total. The lowest BCUT2D eigenvalue weighted by molar-refractivity contribution is 0.760. The fourth-order valence-corrected chi connectivity index (χ4v) is 3.41. The van der Waals surface area contributed by atoms with E-state index >= 15 is 0 Å². The molecule has 3 aromatic rings. The van der Waals surface area contributed by atoms with Crippen molar-refractivity contribution in [2.45, 2.75) is 26.7 Å². The number of aryl methyl sites for hydroxylation is 2. The minimum atomic E-state index is 0.359. The van der Waals surface area contributed by atoms with Gasteiger partial charge in [-0.25, -0.2) is 0 Å². The second-order valence-electron chi connectivity index (χ2n) is 7.56. The molecule has 0 saturated heterocycles. The molecule has 1 aliphatic heterocycles. The number of fused-ring (bicyclic) bond motifs is 1. The molecule has 1 N–H and O–H groups in total. The number of azo groups is 1. The molecule has 1 atom stereocenters. The SMILES string of the molecule is Cc1cc2c(cc1C)[C@@H](C)CN=C2C(N=Nc1ccccc1)=NNc1ccccc1. The first-order chi connectivity index (χ1) is 14.6. The summed E-state index contributed by atoms with van der Waals surface area (Å²) in [5.41, 5.74) is 10.4. The van der Waals surface area contributed by atoms with E-state index in [0.717, 1.165) is 22.6 Å². The maximum atomic E-state index is 4.84. The van der Waals surface area contributed by atoms with Crippen LogP contribution >= 0.6 is 0 Å². The monoisotopic (exact) mass is 395 g/mol. The minimum Gasteiger partial charge on any atom is -0.280 e. The highest BCUT2D eigenvalue weighted by Crippen LogP contribution is 2.29. The van der Waals surface area contributed by atoms with Gasteiger partial charge in [-0.2, -0.15) is 5.10 Å². The van der Waals surface area contributed by atoms with Crippen LogP contribution in [0.1, 0.15) is 35.1 Å². The fourth-order valence-electron chi connectivity index (χ4n) is 3.41. The molecule has 0 amide bonds. The lowest BCUT2D eigenvalue weighted by Crippen LogP contribution is -2.23. The van der Waals surface area contributed by atoms with E-state index in [1.807, 2.05) is 60.7 Å². The Labute approximate surface area is 177 Å². The standard InChI is InChI=1S/C25H25N5/c1-17-14-22-19(3)16-26-24(23(22)15-18(17)2)25(29-27-20-10-6-4-7-11-20)30-28-21-12-8-5-9-13-21/h4-15,19,27H,16H2,1-3H3/t19-/m0/s1. The van der Waals surface area contributed by atoms with Gasteiger partial charge in [0.05, 0.1) is 11.4 Å². The van der Waals surface area contributed by atoms with E-state index in [0.29, 0.717) is 18.3 Å². The van der Waals surface area contributed by atoms with Crippen LogP contribution in [0, 0.1) is 13.8 Å². The maximum absolute atomic E-state index is 4.84. The number of rotatable bonds is 4. The molecule has 0 radical (unpaired) electrons. The summed E-state index contributed by atoms with van der Waals surface area (Å²) < 4.78 is 0. The smallest absolute Gasteiger partial charge is 0.219 e. The number of para-hydroxylation sites is 1. The highest BCUT2D eigenvalue weighted by Gasteiger charge is 2.24. The second kappa shape index (κ2) is 8.82. The van der Waals surface area contributed by atoms with E-state index in [4.69, 9.17) is 4.99 Å². The molecule has 1 heterocycles. The molecule has 0 unspecified atom stereocenters. The topological polar surface area (TPSA) is 61.5 Å². The summed E-state index contributed by atoms with van der Waals surface area (Å²) in [6.45, 7) is 7.18. The van der Waals surface area contributed by atoms with Gasteiger partial charge in [0.25, 0.3) is 0 Å². The molecule has 0 aliphatic carbocycles. The van der Waals surface area contributed by atoms with Crippen molar-refractivity contribution >= 4 is 22.9 Å². The number of amidine groups is 1. The van der Waals surface area contributed by atoms with Gasteiger partial charge in [-0.15, -0.1) is 10.2 Å². The Kier molecular flexibility index (Phi) is 5.80. The molecule has 0 aromatic heterocycles. The zero-order valence-electron chi connectivity index (χ0n) is 17.5. The lowest BCUT2D eigenvalue weighted by Gasteiger charge is -2.23. The molecule has 5 heteroatoms. The first-order valence-corrected chi connectivity index (χ1v) is 10.1. The summed E-state index contributed by atoms with van der Waals surface area (Å²) in [4.78, 5) is 4.84. The van der Waals surface area contributed by atoms with E-state index in [1.165, 1.54) is 16.7 Å². The molecule has 0 saturated carbocycles. The van der Waals surface area contributed by atoms with Crippen molar-refractivity contribution in [2.24, 2.45) is 20.3 Å². The average molecular weight is 396 g/mol. The van der Waals surface area contributed by atoms with Crippen LogP contribution in [-0.4, -0.2) is 18.1 Å². The van der Waals surface area contributed by atoms with Crippen LogP contribution in [0.25, 0.3) is 0 Å². The van der Waals surface area contributed by atoms with Crippen molar-refractivity contribution in [1.29, 1.82) is 0 Å². The normalized spacial score (nSPS) is 16.3. The zero-order valence-corrected chi connectivity index (χ0v) is 17.5. The van der Waals surface area contributed by atoms with Crippen molar-refractivity contribution < 1.29 is 0 Å². The van der Waals surface area contributed by atoms with Crippen molar-refractivity contribution in [3.05, 3.63) is 95.1 Å². The van der Waals surface area contributed by atoms with E-state index in [9.17, 15) is 0 Å². The molecule has 30 heavy (non-hydrogen) atoms. The van der Waals surface area contributed by atoms with E-state index in [2.05, 4.69) is 53.7 Å². The molecule has 0 fully saturated rings. The van der Waals surface area contributed by atoms with Crippen molar-refractivity contribution in [3.8, 4) is 0 Å². The lowest BCUT2D eigenvalue weighted by atomic mass is 9.87. The van der Waals surface area contributed by atoms with E-state index < -0.39 is 0 Å². The van der Waals surface area contributed by atoms with Gasteiger partial charge < -0.3 is 0 Å². The van der Waals surface area contributed by atoms with E-state index in [-0.39, 0.29) is 0 Å². The summed E-state index contributed by atoms with van der Waals surface area (Å²) in [5.74, 6) is 0.830. The van der Waals surface area contributed by atoms with Gasteiger partial charge in [-0.1, -0.05) is 49.4 Å². The summed E-state index contributed by atoms with van der Waals surface area (Å²) in [7, 11) is 0. The van der Waals surface area contributed by atoms with Gasteiger partial charge in [0.15, 0.2) is 0 Å². The Balaban J connectivity index is 1.76. The summed E-state index contributed by atoms with van der Waals surface area (Å²) in [5, 5.41) is 13.5. The predicted molar refractivity (Wildman–Crippen MR) is 124 cm³/mol. The number of hydrazone groups is 1. The molecule has 0 spiro atoms. The van der Waals surface area contributed by atoms with Crippen LogP contribution < -0.4 is 5.43 Å². The number of hydrogen-bond donors (Lipinski definition) is 1. The number of nitrogens with zero attached hydrogens (tertiary/aromatic N) is 4. The summed E-state index contributed by atoms with van der Waals surface area (Å²) in [6, 6.07) is 23.9. The van der Waals surface area contributed by atoms with Crippen LogP contribution in [0.2, 0.25) is 0 Å². The van der Waals surface area contributed by atoms with Crippen LogP contribution in [0.15, 0.2) is 93.1 Å². The predicted octanol–water partition coefficient (Wildman–Crippen LogP) is 6.42. The first-order valence-electron chi connectivity index (χ1n) is 10.1. The van der Waals surface area contributed by atoms with Crippen LogP contribution in [-0.2, 0) is 0 Å². The molecule has 4 rings (SSSR count). The third-order valence-electron chi connectivity index (χ3n) is 5.27. The van der Waals surface area contributed by atoms with Gasteiger partial charge in [0.2, 0.25) is 5.84 Å². The molecule has 150 valence electrons. The number of benzene rings is 3. The highest BCUT2D eigenvalue weighted by atomic mass is 15.3. The number of anilines is 1. The average Bonchev–Trinajstić information content (AvgIpc) is 2.77. The van der Waals surface area contributed by atoms with Crippen LogP contribution in [0.5, 0.6) is 0 Å². The van der Waals surface area contributed by atoms with Crippen molar-refractivity contribution in [2.75, 3.05) is 12.0 Å². The van der Waals surface area contributed by atoms with Gasteiger partial charge >= 0.3 is 0 Å². The third-order valence-corrected chi connectivity index (χ3v) is 5.27. The first kappa shape index (κ1) is 19.7. The van der Waals surface area contributed by atoms with E-state index in [1.54, 1.807) is 0 Å². The molecule has 3 aromatic carbocycles. The number of aliphatic imine (C=N–C) groups is 1. The largest absolute Gasteiger partial charge is 0.280 e. The second-order valence-corrected chi connectivity index (χ2v) is 7.56. The zero-order chi connectivity index (χ0) is 20.9. The molecule has 1 aliphatic rings. The van der Waals surface area contributed by atoms with Gasteiger partial charge in [0.1, 0.15) is 5.71 Å². The minimum absolute atomic E-state index is 0.359. The Hall–Kier alpha value is -3.60. The molecular weight excluding hydrogens is 370 g/mol. The van der Waals surface area contributed by atoms with Gasteiger partial charge in [0, 0.05) is 18.0 Å². The summed E-state index contributed by atoms with van der Waals surface area (Å²) in [6.07, 6.45) is 0. The fraction of sp³-hybridized carbons (Fsp3) is 0.200. The number of hydrogen-bond acceptors (Lipinski definition) is 4. The van der Waals surface area contributed by atoms with Gasteiger partial charge in [-0.05, 0) is 60.9 Å². The van der Waals surface area contributed by atoms with Crippen LogP contribution in [0.4, 0.5) is 11.4 Å². The maximum Gasteiger partial charge on any atom is 0.219 e. The Bertz CT molecular complexity index is 1120. The number of nitrogens with one attached hydrogen (secondary N) is 1. The third kappa shape index (κ3) is 4.35. The molecular formula is C25H25N5. The summed E-state index contributed by atoms with van der Waals surface area (Å²) >= 11 is 0.